The summed E-state index contributed by atoms with van der Waals surface area (Å²) in [6, 6.07) is -0.429. The molecular formula is C16H27N3O3. The molecule has 0 bridgehead atoms. The average Bonchev–Trinajstić information content (AvgIpc) is 2.67. The Morgan fingerprint density at radius 1 is 1.36 bits per heavy atom. The van der Waals surface area contributed by atoms with Crippen molar-refractivity contribution in [1.29, 1.82) is 0 Å². The van der Waals surface area contributed by atoms with Crippen LogP contribution in [0.2, 0.25) is 0 Å². The second-order valence-electron chi connectivity index (χ2n) is 7.04. The Labute approximate surface area is 132 Å². The quantitative estimate of drug-likeness (QED) is 0.775. The summed E-state index contributed by atoms with van der Waals surface area (Å²) in [4.78, 5) is 38.0. The highest BCUT2D eigenvalue weighted by Gasteiger charge is 2.55. The van der Waals surface area contributed by atoms with E-state index in [0.717, 1.165) is 24.2 Å². The van der Waals surface area contributed by atoms with E-state index in [2.05, 4.69) is 10.6 Å². The third-order valence-electron chi connectivity index (χ3n) is 5.19. The number of amides is 4. The van der Waals surface area contributed by atoms with Gasteiger partial charge in [-0.1, -0.05) is 33.6 Å². The number of rotatable bonds is 4. The molecule has 1 saturated carbocycles. The molecule has 2 rings (SSSR count). The molecule has 1 heterocycles. The number of hydrogen-bond donors (Lipinski definition) is 2. The first-order valence-electron chi connectivity index (χ1n) is 8.21. The van der Waals surface area contributed by atoms with Gasteiger partial charge in [0, 0.05) is 6.04 Å². The SMILES string of the molecule is CC(C)[C@H](C)NC(=O)CN1C(=O)N[C@]2(CCCC[C@@H]2C)C1=O. The van der Waals surface area contributed by atoms with Gasteiger partial charge in [0.25, 0.3) is 5.91 Å². The first-order chi connectivity index (χ1) is 10.3. The zero-order valence-electron chi connectivity index (χ0n) is 13.9. The van der Waals surface area contributed by atoms with E-state index in [0.29, 0.717) is 12.3 Å². The molecule has 1 aliphatic carbocycles. The zero-order chi connectivity index (χ0) is 16.5. The third-order valence-corrected chi connectivity index (χ3v) is 5.19. The minimum Gasteiger partial charge on any atom is -0.352 e. The molecule has 22 heavy (non-hydrogen) atoms. The van der Waals surface area contributed by atoms with Crippen molar-refractivity contribution in [3.05, 3.63) is 0 Å². The number of hydrogen-bond acceptors (Lipinski definition) is 3. The van der Waals surface area contributed by atoms with Crippen LogP contribution in [0.3, 0.4) is 0 Å². The Bertz CT molecular complexity index is 477. The van der Waals surface area contributed by atoms with Crippen LogP contribution in [0.4, 0.5) is 4.79 Å². The van der Waals surface area contributed by atoms with Crippen LogP contribution in [0.15, 0.2) is 0 Å². The molecule has 2 aliphatic rings. The topological polar surface area (TPSA) is 78.5 Å². The van der Waals surface area contributed by atoms with E-state index >= 15 is 0 Å². The molecule has 1 spiro atoms. The predicted molar refractivity (Wildman–Crippen MR) is 83.1 cm³/mol. The van der Waals surface area contributed by atoms with Crippen LogP contribution in [0, 0.1) is 11.8 Å². The van der Waals surface area contributed by atoms with Gasteiger partial charge in [0.05, 0.1) is 0 Å². The highest BCUT2D eigenvalue weighted by Crippen LogP contribution is 2.38. The number of imide groups is 1. The number of carbonyl (C=O) groups is 3. The van der Waals surface area contributed by atoms with Gasteiger partial charge >= 0.3 is 6.03 Å². The van der Waals surface area contributed by atoms with E-state index in [-0.39, 0.29) is 30.3 Å². The molecule has 2 N–H and O–H groups in total. The molecule has 0 aromatic heterocycles. The van der Waals surface area contributed by atoms with E-state index in [1.165, 1.54) is 0 Å². The molecule has 3 atom stereocenters. The molecule has 4 amide bonds. The van der Waals surface area contributed by atoms with Gasteiger partial charge in [0.15, 0.2) is 0 Å². The van der Waals surface area contributed by atoms with Crippen LogP contribution < -0.4 is 10.6 Å². The van der Waals surface area contributed by atoms with Gasteiger partial charge in [-0.15, -0.1) is 0 Å². The summed E-state index contributed by atoms with van der Waals surface area (Å²) in [6.45, 7) is 7.74. The fourth-order valence-corrected chi connectivity index (χ4v) is 3.25. The van der Waals surface area contributed by atoms with E-state index in [1.807, 2.05) is 27.7 Å². The van der Waals surface area contributed by atoms with Crippen LogP contribution in [-0.2, 0) is 9.59 Å². The molecule has 1 saturated heterocycles. The molecule has 0 unspecified atom stereocenters. The maximum atomic E-state index is 12.7. The average molecular weight is 309 g/mol. The summed E-state index contributed by atoms with van der Waals surface area (Å²) in [5.41, 5.74) is -0.792. The summed E-state index contributed by atoms with van der Waals surface area (Å²) in [5.74, 6) is -0.112. The Kier molecular flexibility index (Phi) is 4.78. The number of nitrogens with zero attached hydrogens (tertiary/aromatic N) is 1. The lowest BCUT2D eigenvalue weighted by Crippen LogP contribution is -2.54. The molecule has 0 aromatic carbocycles. The molecule has 124 valence electrons. The van der Waals surface area contributed by atoms with Crippen molar-refractivity contribution < 1.29 is 14.4 Å². The highest BCUT2D eigenvalue weighted by molar-refractivity contribution is 6.09. The normalized spacial score (nSPS) is 29.9. The third kappa shape index (κ3) is 2.96. The van der Waals surface area contributed by atoms with Crippen molar-refractivity contribution >= 4 is 17.8 Å². The summed E-state index contributed by atoms with van der Waals surface area (Å²) in [7, 11) is 0. The van der Waals surface area contributed by atoms with Crippen LogP contribution in [0.1, 0.15) is 53.4 Å². The lowest BCUT2D eigenvalue weighted by Gasteiger charge is -2.36. The monoisotopic (exact) mass is 309 g/mol. The highest BCUT2D eigenvalue weighted by atomic mass is 16.2. The summed E-state index contributed by atoms with van der Waals surface area (Å²) in [5, 5.41) is 5.69. The van der Waals surface area contributed by atoms with Crippen LogP contribution in [-0.4, -0.2) is 40.9 Å². The second kappa shape index (κ2) is 6.26. The summed E-state index contributed by atoms with van der Waals surface area (Å²) in [6.07, 6.45) is 3.61. The Morgan fingerprint density at radius 3 is 2.64 bits per heavy atom. The lowest BCUT2D eigenvalue weighted by molar-refractivity contribution is -0.137. The molecule has 1 aliphatic heterocycles. The number of urea groups is 1. The summed E-state index contributed by atoms with van der Waals surface area (Å²) >= 11 is 0. The van der Waals surface area contributed by atoms with Gasteiger partial charge in [0.2, 0.25) is 5.91 Å². The van der Waals surface area contributed by atoms with Gasteiger partial charge in [-0.05, 0) is 31.6 Å². The van der Waals surface area contributed by atoms with E-state index in [4.69, 9.17) is 0 Å². The first-order valence-corrected chi connectivity index (χ1v) is 8.21. The minimum absolute atomic E-state index is 0.0100. The zero-order valence-corrected chi connectivity index (χ0v) is 13.9. The van der Waals surface area contributed by atoms with Gasteiger partial charge < -0.3 is 10.6 Å². The first kappa shape index (κ1) is 16.8. The number of carbonyl (C=O) groups excluding carboxylic acids is 3. The fourth-order valence-electron chi connectivity index (χ4n) is 3.25. The molecule has 0 aromatic rings. The van der Waals surface area contributed by atoms with Gasteiger partial charge in [-0.25, -0.2) is 4.79 Å². The maximum absolute atomic E-state index is 12.7. The standard InChI is InChI=1S/C16H27N3O3/c1-10(2)12(4)17-13(20)9-19-14(21)16(18-15(19)22)8-6-5-7-11(16)3/h10-12H,5-9H2,1-4H3,(H,17,20)(H,18,22)/t11-,12-,16-/m0/s1. The van der Waals surface area contributed by atoms with Crippen molar-refractivity contribution in [2.45, 2.75) is 65.0 Å². The molecule has 2 fully saturated rings. The molecule has 6 nitrogen and oxygen atoms in total. The van der Waals surface area contributed by atoms with Crippen molar-refractivity contribution in [2.75, 3.05) is 6.54 Å². The second-order valence-corrected chi connectivity index (χ2v) is 7.04. The Morgan fingerprint density at radius 2 is 2.05 bits per heavy atom. The van der Waals surface area contributed by atoms with Crippen LogP contribution in [0.25, 0.3) is 0 Å². The lowest BCUT2D eigenvalue weighted by atomic mass is 9.73. The smallest absolute Gasteiger partial charge is 0.325 e. The molecule has 6 heteroatoms. The maximum Gasteiger partial charge on any atom is 0.325 e. The Balaban J connectivity index is 2.05. The minimum atomic E-state index is -0.792. The molecular weight excluding hydrogens is 282 g/mol. The van der Waals surface area contributed by atoms with Crippen molar-refractivity contribution in [1.82, 2.24) is 15.5 Å². The van der Waals surface area contributed by atoms with Crippen molar-refractivity contribution in [3.63, 3.8) is 0 Å². The van der Waals surface area contributed by atoms with Gasteiger partial charge in [0.1, 0.15) is 12.1 Å². The van der Waals surface area contributed by atoms with Gasteiger partial charge in [-0.3, -0.25) is 14.5 Å². The van der Waals surface area contributed by atoms with Gasteiger partial charge in [-0.2, -0.15) is 0 Å². The Hall–Kier alpha value is -1.59. The number of nitrogens with one attached hydrogen (secondary N) is 2. The van der Waals surface area contributed by atoms with E-state index < -0.39 is 11.6 Å². The largest absolute Gasteiger partial charge is 0.352 e. The van der Waals surface area contributed by atoms with Crippen LogP contribution in [0.5, 0.6) is 0 Å². The predicted octanol–water partition coefficient (Wildman–Crippen LogP) is 1.65. The fraction of sp³-hybridized carbons (Fsp3) is 0.812. The van der Waals surface area contributed by atoms with Crippen molar-refractivity contribution in [2.24, 2.45) is 11.8 Å². The van der Waals surface area contributed by atoms with Crippen molar-refractivity contribution in [3.8, 4) is 0 Å². The summed E-state index contributed by atoms with van der Waals surface area (Å²) < 4.78 is 0. The van der Waals surface area contributed by atoms with E-state index in [1.54, 1.807) is 0 Å². The van der Waals surface area contributed by atoms with Crippen LogP contribution >= 0.6 is 0 Å². The molecule has 0 radical (unpaired) electrons. The van der Waals surface area contributed by atoms with E-state index in [9.17, 15) is 14.4 Å².